The molecule has 0 fully saturated rings. The van der Waals surface area contributed by atoms with Gasteiger partial charge in [-0.05, 0) is 30.7 Å². The highest BCUT2D eigenvalue weighted by atomic mass is 19.1. The fourth-order valence-corrected chi connectivity index (χ4v) is 1.56. The van der Waals surface area contributed by atoms with Crippen LogP contribution in [-0.2, 0) is 6.42 Å². The fourth-order valence-electron chi connectivity index (χ4n) is 1.56. The molecule has 0 amide bonds. The molecular weight excluding hydrogens is 207 g/mol. The van der Waals surface area contributed by atoms with Crippen molar-refractivity contribution in [2.24, 2.45) is 0 Å². The summed E-state index contributed by atoms with van der Waals surface area (Å²) in [5.41, 5.74) is 1.39. The van der Waals surface area contributed by atoms with Crippen molar-refractivity contribution in [3.8, 4) is 0 Å². The summed E-state index contributed by atoms with van der Waals surface area (Å²) in [6, 6.07) is 7.59. The molecule has 1 aromatic heterocycles. The summed E-state index contributed by atoms with van der Waals surface area (Å²) in [5.74, 6) is 0.306. The Hall–Kier alpha value is -1.90. The Balaban J connectivity index is 2.14. The molecule has 0 N–H and O–H groups in total. The maximum absolute atomic E-state index is 12.7. The lowest BCUT2D eigenvalue weighted by Gasteiger charge is -2.00. The molecular formula is C13H11FO2. The number of benzene rings is 1. The second-order valence-electron chi connectivity index (χ2n) is 3.62. The third kappa shape index (κ3) is 2.19. The minimum absolute atomic E-state index is 0.0159. The lowest BCUT2D eigenvalue weighted by Crippen LogP contribution is -2.03. The van der Waals surface area contributed by atoms with E-state index in [9.17, 15) is 9.18 Å². The van der Waals surface area contributed by atoms with E-state index in [1.165, 1.54) is 18.4 Å². The van der Waals surface area contributed by atoms with Crippen molar-refractivity contribution in [1.82, 2.24) is 0 Å². The van der Waals surface area contributed by atoms with Crippen LogP contribution in [0.25, 0.3) is 0 Å². The predicted octanol–water partition coefficient (Wildman–Crippen LogP) is 3.15. The first-order chi connectivity index (χ1) is 7.66. The third-order valence-electron chi connectivity index (χ3n) is 2.44. The van der Waals surface area contributed by atoms with Gasteiger partial charge in [0, 0.05) is 6.42 Å². The maximum Gasteiger partial charge on any atom is 0.170 e. The van der Waals surface area contributed by atoms with Crippen molar-refractivity contribution < 1.29 is 13.6 Å². The van der Waals surface area contributed by atoms with Crippen LogP contribution in [-0.4, -0.2) is 5.78 Å². The highest BCUT2D eigenvalue weighted by Gasteiger charge is 2.11. The van der Waals surface area contributed by atoms with E-state index in [2.05, 4.69) is 0 Å². The molecule has 0 radical (unpaired) electrons. The largest absolute Gasteiger partial charge is 0.469 e. The second kappa shape index (κ2) is 4.31. The minimum Gasteiger partial charge on any atom is -0.469 e. The number of carbonyl (C=O) groups excluding carboxylic acids is 1. The van der Waals surface area contributed by atoms with E-state index in [1.54, 1.807) is 25.1 Å². The van der Waals surface area contributed by atoms with Gasteiger partial charge in [-0.1, -0.05) is 12.1 Å². The molecule has 0 saturated carbocycles. The molecule has 16 heavy (non-hydrogen) atoms. The zero-order valence-corrected chi connectivity index (χ0v) is 8.87. The number of Topliss-reactive ketones (excluding diaryl/α,β-unsaturated/α-hetero) is 1. The summed E-state index contributed by atoms with van der Waals surface area (Å²) in [7, 11) is 0. The summed E-state index contributed by atoms with van der Waals surface area (Å²) < 4.78 is 17.7. The number of hydrogen-bond donors (Lipinski definition) is 0. The van der Waals surface area contributed by atoms with Crippen LogP contribution in [0.15, 0.2) is 41.0 Å². The van der Waals surface area contributed by atoms with Crippen molar-refractivity contribution in [3.63, 3.8) is 0 Å². The standard InChI is InChI=1S/C13H11FO2/c1-9-12(6-7-16-9)13(15)8-10-2-4-11(14)5-3-10/h2-7H,8H2,1H3. The van der Waals surface area contributed by atoms with Gasteiger partial charge in [0.15, 0.2) is 5.78 Å². The molecule has 0 aliphatic rings. The molecule has 82 valence electrons. The first-order valence-electron chi connectivity index (χ1n) is 4.98. The van der Waals surface area contributed by atoms with Gasteiger partial charge in [-0.15, -0.1) is 0 Å². The molecule has 0 unspecified atom stereocenters. The van der Waals surface area contributed by atoms with Crippen LogP contribution < -0.4 is 0 Å². The molecule has 2 rings (SSSR count). The number of ketones is 1. The van der Waals surface area contributed by atoms with Gasteiger partial charge in [-0.25, -0.2) is 4.39 Å². The van der Waals surface area contributed by atoms with E-state index in [4.69, 9.17) is 4.42 Å². The number of aryl methyl sites for hydroxylation is 1. The molecule has 3 heteroatoms. The van der Waals surface area contributed by atoms with Crippen LogP contribution in [0.5, 0.6) is 0 Å². The summed E-state index contributed by atoms with van der Waals surface area (Å²) in [6.45, 7) is 1.75. The molecule has 0 saturated heterocycles. The summed E-state index contributed by atoms with van der Waals surface area (Å²) in [6.07, 6.45) is 1.76. The van der Waals surface area contributed by atoms with E-state index in [0.29, 0.717) is 11.3 Å². The van der Waals surface area contributed by atoms with Crippen LogP contribution in [0.3, 0.4) is 0 Å². The minimum atomic E-state index is -0.296. The van der Waals surface area contributed by atoms with Gasteiger partial charge in [0.1, 0.15) is 11.6 Å². The van der Waals surface area contributed by atoms with Crippen LogP contribution in [0.4, 0.5) is 4.39 Å². The Morgan fingerprint density at radius 2 is 1.94 bits per heavy atom. The molecule has 0 atom stereocenters. The first kappa shape index (κ1) is 10.6. The van der Waals surface area contributed by atoms with Gasteiger partial charge in [-0.3, -0.25) is 4.79 Å². The average molecular weight is 218 g/mol. The maximum atomic E-state index is 12.7. The number of halogens is 1. The summed E-state index contributed by atoms with van der Waals surface area (Å²) in [5, 5.41) is 0. The van der Waals surface area contributed by atoms with E-state index in [0.717, 1.165) is 5.56 Å². The second-order valence-corrected chi connectivity index (χ2v) is 3.62. The van der Waals surface area contributed by atoms with Gasteiger partial charge >= 0.3 is 0 Å². The van der Waals surface area contributed by atoms with Crippen molar-refractivity contribution >= 4 is 5.78 Å². The number of carbonyl (C=O) groups is 1. The quantitative estimate of drug-likeness (QED) is 0.741. The van der Waals surface area contributed by atoms with Crippen LogP contribution in [0.2, 0.25) is 0 Å². The van der Waals surface area contributed by atoms with Gasteiger partial charge in [-0.2, -0.15) is 0 Å². The lowest BCUT2D eigenvalue weighted by atomic mass is 10.0. The molecule has 1 aromatic carbocycles. The Kier molecular flexibility index (Phi) is 2.86. The Morgan fingerprint density at radius 3 is 2.50 bits per heavy atom. The number of hydrogen-bond acceptors (Lipinski definition) is 2. The number of furan rings is 1. The summed E-state index contributed by atoms with van der Waals surface area (Å²) in [4.78, 5) is 11.8. The molecule has 2 nitrogen and oxygen atoms in total. The molecule has 1 heterocycles. The molecule has 2 aromatic rings. The Bertz CT molecular complexity index is 497. The molecule has 0 bridgehead atoms. The predicted molar refractivity (Wildman–Crippen MR) is 57.9 cm³/mol. The lowest BCUT2D eigenvalue weighted by molar-refractivity contribution is 0.0991. The van der Waals surface area contributed by atoms with Gasteiger partial charge in [0.25, 0.3) is 0 Å². The Morgan fingerprint density at radius 1 is 1.25 bits per heavy atom. The van der Waals surface area contributed by atoms with Crippen molar-refractivity contribution in [1.29, 1.82) is 0 Å². The third-order valence-corrected chi connectivity index (χ3v) is 2.44. The highest BCUT2D eigenvalue weighted by Crippen LogP contribution is 2.13. The first-order valence-corrected chi connectivity index (χ1v) is 4.98. The molecule has 0 aliphatic heterocycles. The van der Waals surface area contributed by atoms with Gasteiger partial charge < -0.3 is 4.42 Å². The van der Waals surface area contributed by atoms with E-state index < -0.39 is 0 Å². The zero-order valence-electron chi connectivity index (χ0n) is 8.87. The van der Waals surface area contributed by atoms with Gasteiger partial charge in [0.2, 0.25) is 0 Å². The highest BCUT2D eigenvalue weighted by molar-refractivity contribution is 5.98. The smallest absolute Gasteiger partial charge is 0.170 e. The monoisotopic (exact) mass is 218 g/mol. The normalized spacial score (nSPS) is 10.4. The molecule has 0 aliphatic carbocycles. The van der Waals surface area contributed by atoms with Gasteiger partial charge in [0.05, 0.1) is 11.8 Å². The van der Waals surface area contributed by atoms with E-state index in [1.807, 2.05) is 0 Å². The topological polar surface area (TPSA) is 30.2 Å². The number of rotatable bonds is 3. The Labute approximate surface area is 92.7 Å². The fraction of sp³-hybridized carbons (Fsp3) is 0.154. The molecule has 0 spiro atoms. The van der Waals surface area contributed by atoms with Crippen molar-refractivity contribution in [2.75, 3.05) is 0 Å². The van der Waals surface area contributed by atoms with E-state index in [-0.39, 0.29) is 18.0 Å². The van der Waals surface area contributed by atoms with E-state index >= 15 is 0 Å². The summed E-state index contributed by atoms with van der Waals surface area (Å²) >= 11 is 0. The van der Waals surface area contributed by atoms with Crippen LogP contribution in [0.1, 0.15) is 21.7 Å². The SMILES string of the molecule is Cc1occc1C(=O)Cc1ccc(F)cc1. The van der Waals surface area contributed by atoms with Crippen molar-refractivity contribution in [3.05, 3.63) is 59.3 Å². The van der Waals surface area contributed by atoms with Crippen LogP contribution in [0, 0.1) is 12.7 Å². The van der Waals surface area contributed by atoms with Crippen molar-refractivity contribution in [2.45, 2.75) is 13.3 Å². The van der Waals surface area contributed by atoms with Crippen LogP contribution >= 0.6 is 0 Å². The zero-order chi connectivity index (χ0) is 11.5. The average Bonchev–Trinajstić information content (AvgIpc) is 2.68.